The van der Waals surface area contributed by atoms with Crippen LogP contribution in [0.5, 0.6) is 0 Å². The summed E-state index contributed by atoms with van der Waals surface area (Å²) in [7, 11) is 1.88. The van der Waals surface area contributed by atoms with Gasteiger partial charge in [-0.3, -0.25) is 9.59 Å². The molecule has 1 aromatic heterocycles. The fourth-order valence-electron chi connectivity index (χ4n) is 2.48. The van der Waals surface area contributed by atoms with E-state index in [0.717, 1.165) is 17.1 Å². The number of ketones is 1. The summed E-state index contributed by atoms with van der Waals surface area (Å²) < 4.78 is 16.0. The molecule has 0 atom stereocenters. The Kier molecular flexibility index (Phi) is 4.85. The molecule has 0 saturated carbocycles. The summed E-state index contributed by atoms with van der Waals surface area (Å²) in [6.45, 7) is 1.34. The smallest absolute Gasteiger partial charge is 0.221 e. The Morgan fingerprint density at radius 2 is 2.00 bits per heavy atom. The minimum Gasteiger partial charge on any atom is -0.326 e. The quantitative estimate of drug-likeness (QED) is 0.559. The van der Waals surface area contributed by atoms with E-state index in [4.69, 9.17) is 0 Å². The lowest BCUT2D eigenvalue weighted by atomic mass is 10.1. The van der Waals surface area contributed by atoms with E-state index in [1.54, 1.807) is 0 Å². The van der Waals surface area contributed by atoms with E-state index >= 15 is 0 Å². The van der Waals surface area contributed by atoms with Crippen molar-refractivity contribution in [3.63, 3.8) is 0 Å². The number of halogens is 1. The summed E-state index contributed by atoms with van der Waals surface area (Å²) in [4.78, 5) is 27.8. The summed E-state index contributed by atoms with van der Waals surface area (Å²) in [5.41, 5.74) is 2.15. The third-order valence-electron chi connectivity index (χ3n) is 3.67. The number of aromatic nitrogens is 2. The third-order valence-corrected chi connectivity index (χ3v) is 4.70. The molecule has 0 unspecified atom stereocenters. The van der Waals surface area contributed by atoms with Gasteiger partial charge in [-0.1, -0.05) is 23.9 Å². The van der Waals surface area contributed by atoms with Gasteiger partial charge >= 0.3 is 0 Å². The maximum Gasteiger partial charge on any atom is 0.221 e. The number of amides is 1. The average molecular weight is 357 g/mol. The van der Waals surface area contributed by atoms with Crippen molar-refractivity contribution in [2.75, 3.05) is 11.1 Å². The zero-order valence-electron chi connectivity index (χ0n) is 13.7. The molecule has 0 radical (unpaired) electrons. The number of thioether (sulfide) groups is 1. The van der Waals surface area contributed by atoms with Crippen molar-refractivity contribution in [3.05, 3.63) is 53.8 Å². The summed E-state index contributed by atoms with van der Waals surface area (Å²) in [6, 6.07) is 11.7. The summed E-state index contributed by atoms with van der Waals surface area (Å²) >= 11 is 1.27. The molecule has 128 valence electrons. The van der Waals surface area contributed by atoms with Gasteiger partial charge in [0.1, 0.15) is 5.82 Å². The van der Waals surface area contributed by atoms with E-state index in [9.17, 15) is 14.0 Å². The molecule has 0 fully saturated rings. The second-order valence-corrected chi connectivity index (χ2v) is 6.47. The number of benzene rings is 2. The minimum atomic E-state index is -0.651. The van der Waals surface area contributed by atoms with Crippen molar-refractivity contribution in [2.45, 2.75) is 12.1 Å². The predicted octanol–water partition coefficient (Wildman–Crippen LogP) is 3.65. The number of hydrogen-bond donors (Lipinski definition) is 1. The molecule has 7 heteroatoms. The van der Waals surface area contributed by atoms with Gasteiger partial charge in [0, 0.05) is 19.7 Å². The van der Waals surface area contributed by atoms with Crippen LogP contribution in [0, 0.1) is 5.82 Å². The molecule has 0 saturated heterocycles. The fraction of sp³-hybridized carbons (Fsp3) is 0.167. The van der Waals surface area contributed by atoms with Crippen LogP contribution in [0.3, 0.4) is 0 Å². The van der Waals surface area contributed by atoms with Gasteiger partial charge in [0.25, 0.3) is 0 Å². The van der Waals surface area contributed by atoms with E-state index in [1.165, 1.54) is 30.8 Å². The molecule has 25 heavy (non-hydrogen) atoms. The van der Waals surface area contributed by atoms with Crippen LogP contribution in [0.4, 0.5) is 10.1 Å². The van der Waals surface area contributed by atoms with Gasteiger partial charge in [0.15, 0.2) is 10.9 Å². The lowest BCUT2D eigenvalue weighted by Gasteiger charge is -2.06. The Balaban J connectivity index is 1.73. The van der Waals surface area contributed by atoms with Crippen LogP contribution in [0.1, 0.15) is 17.3 Å². The van der Waals surface area contributed by atoms with Crippen LogP contribution in [-0.4, -0.2) is 27.0 Å². The van der Waals surface area contributed by atoms with E-state index in [1.807, 2.05) is 35.9 Å². The Morgan fingerprint density at radius 1 is 1.24 bits per heavy atom. The van der Waals surface area contributed by atoms with E-state index < -0.39 is 5.82 Å². The summed E-state index contributed by atoms with van der Waals surface area (Å²) in [5.74, 6) is -1.20. The Bertz CT molecular complexity index is 968. The van der Waals surface area contributed by atoms with E-state index in [0.29, 0.717) is 10.8 Å². The van der Waals surface area contributed by atoms with Crippen molar-refractivity contribution < 1.29 is 14.0 Å². The molecule has 0 aliphatic rings. The van der Waals surface area contributed by atoms with Crippen molar-refractivity contribution in [1.29, 1.82) is 0 Å². The Hall–Kier alpha value is -2.67. The van der Waals surface area contributed by atoms with Crippen LogP contribution < -0.4 is 5.32 Å². The monoisotopic (exact) mass is 357 g/mol. The number of Topliss-reactive ketones (excluding diaryl/α,β-unsaturated/α-hetero) is 1. The van der Waals surface area contributed by atoms with Crippen molar-refractivity contribution in [1.82, 2.24) is 9.55 Å². The number of nitrogens with one attached hydrogen (secondary N) is 1. The molecular formula is C18H16FN3O2S. The highest BCUT2D eigenvalue weighted by Gasteiger charge is 2.15. The number of nitrogens with zero attached hydrogens (tertiary/aromatic N) is 2. The van der Waals surface area contributed by atoms with Gasteiger partial charge < -0.3 is 9.88 Å². The number of aryl methyl sites for hydroxylation is 1. The van der Waals surface area contributed by atoms with Crippen molar-refractivity contribution in [2.24, 2.45) is 7.05 Å². The molecular weight excluding hydrogens is 341 g/mol. The first-order valence-electron chi connectivity index (χ1n) is 7.60. The SMILES string of the molecule is CC(=O)Nc1ccc(C(=O)CSc2nc3ccccc3n2C)c(F)c1. The third kappa shape index (κ3) is 3.71. The maximum atomic E-state index is 14.1. The van der Waals surface area contributed by atoms with E-state index in [-0.39, 0.29) is 23.0 Å². The average Bonchev–Trinajstić information content (AvgIpc) is 2.89. The molecule has 1 N–H and O–H groups in total. The van der Waals surface area contributed by atoms with Gasteiger partial charge in [-0.05, 0) is 30.3 Å². The summed E-state index contributed by atoms with van der Waals surface area (Å²) in [5, 5.41) is 3.18. The first kappa shape index (κ1) is 17.2. The molecule has 1 heterocycles. The number of anilines is 1. The lowest BCUT2D eigenvalue weighted by Crippen LogP contribution is -2.09. The molecule has 5 nitrogen and oxygen atoms in total. The zero-order valence-corrected chi connectivity index (χ0v) is 14.6. The number of carbonyl (C=O) groups excluding carboxylic acids is 2. The molecule has 0 bridgehead atoms. The molecule has 2 aromatic carbocycles. The number of hydrogen-bond acceptors (Lipinski definition) is 4. The van der Waals surface area contributed by atoms with Crippen LogP contribution in [0.25, 0.3) is 11.0 Å². The highest BCUT2D eigenvalue weighted by molar-refractivity contribution is 7.99. The molecule has 0 aliphatic carbocycles. The number of para-hydroxylation sites is 2. The van der Waals surface area contributed by atoms with Crippen LogP contribution in [0.2, 0.25) is 0 Å². The van der Waals surface area contributed by atoms with Crippen molar-refractivity contribution in [3.8, 4) is 0 Å². The topological polar surface area (TPSA) is 64.0 Å². The second kappa shape index (κ2) is 7.06. The van der Waals surface area contributed by atoms with Gasteiger partial charge in [0.2, 0.25) is 5.91 Å². The molecule has 0 spiro atoms. The first-order valence-corrected chi connectivity index (χ1v) is 8.59. The molecule has 3 rings (SSSR count). The Morgan fingerprint density at radius 3 is 2.68 bits per heavy atom. The van der Waals surface area contributed by atoms with Crippen LogP contribution in [-0.2, 0) is 11.8 Å². The normalized spacial score (nSPS) is 10.8. The van der Waals surface area contributed by atoms with Gasteiger partial charge in [-0.2, -0.15) is 0 Å². The highest BCUT2D eigenvalue weighted by atomic mass is 32.2. The van der Waals surface area contributed by atoms with Gasteiger partial charge in [-0.25, -0.2) is 9.37 Å². The zero-order chi connectivity index (χ0) is 18.0. The van der Waals surface area contributed by atoms with E-state index in [2.05, 4.69) is 10.3 Å². The number of fused-ring (bicyclic) bond motifs is 1. The standard InChI is InChI=1S/C18H16FN3O2S/c1-11(23)20-12-7-8-13(14(19)9-12)17(24)10-25-18-21-15-5-3-4-6-16(15)22(18)2/h3-9H,10H2,1-2H3,(H,20,23). The minimum absolute atomic E-state index is 0.000339. The van der Waals surface area contributed by atoms with Gasteiger partial charge in [0.05, 0.1) is 22.3 Å². The molecule has 3 aromatic rings. The fourth-order valence-corrected chi connectivity index (χ4v) is 3.35. The predicted molar refractivity (Wildman–Crippen MR) is 96.5 cm³/mol. The lowest BCUT2D eigenvalue weighted by molar-refractivity contribution is -0.114. The Labute approximate surface area is 148 Å². The summed E-state index contributed by atoms with van der Waals surface area (Å²) in [6.07, 6.45) is 0. The first-order chi connectivity index (χ1) is 12.0. The maximum absolute atomic E-state index is 14.1. The highest BCUT2D eigenvalue weighted by Crippen LogP contribution is 2.24. The molecule has 1 amide bonds. The van der Waals surface area contributed by atoms with Crippen LogP contribution in [0.15, 0.2) is 47.6 Å². The number of carbonyl (C=O) groups is 2. The largest absolute Gasteiger partial charge is 0.326 e. The second-order valence-electron chi connectivity index (χ2n) is 5.53. The number of rotatable bonds is 5. The van der Waals surface area contributed by atoms with Gasteiger partial charge in [-0.15, -0.1) is 0 Å². The van der Waals surface area contributed by atoms with Crippen molar-refractivity contribution >= 4 is 40.2 Å². The van der Waals surface area contributed by atoms with Crippen LogP contribution >= 0.6 is 11.8 Å². The molecule has 0 aliphatic heterocycles. The number of imidazole rings is 1.